The normalized spacial score (nSPS) is 12.1. The predicted molar refractivity (Wildman–Crippen MR) is 98.2 cm³/mol. The first-order chi connectivity index (χ1) is 12.0. The van der Waals surface area contributed by atoms with Crippen LogP contribution in [0, 0.1) is 6.92 Å². The fourth-order valence-electron chi connectivity index (χ4n) is 2.72. The molecule has 0 saturated carbocycles. The highest BCUT2D eigenvalue weighted by atomic mass is 32.1. The van der Waals surface area contributed by atoms with E-state index in [1.165, 1.54) is 22.2 Å². The molecular weight excluding hydrogens is 338 g/mol. The summed E-state index contributed by atoms with van der Waals surface area (Å²) in [6, 6.07) is 7.31. The summed E-state index contributed by atoms with van der Waals surface area (Å²) in [5.74, 6) is 0.464. The molecule has 2 aromatic heterocycles. The van der Waals surface area contributed by atoms with Gasteiger partial charge in [0.15, 0.2) is 0 Å². The minimum atomic E-state index is -0.255. The Labute approximate surface area is 149 Å². The molecule has 0 aliphatic rings. The van der Waals surface area contributed by atoms with Crippen LogP contribution in [0.2, 0.25) is 0 Å². The third-order valence-corrected chi connectivity index (χ3v) is 4.81. The van der Waals surface area contributed by atoms with E-state index in [9.17, 15) is 9.59 Å². The van der Waals surface area contributed by atoms with Crippen molar-refractivity contribution in [2.75, 3.05) is 7.11 Å². The third kappa shape index (κ3) is 3.56. The zero-order valence-electron chi connectivity index (χ0n) is 14.3. The maximum absolute atomic E-state index is 12.4. The van der Waals surface area contributed by atoms with E-state index in [1.54, 1.807) is 13.2 Å². The Hall–Kier alpha value is -2.67. The number of aryl methyl sites for hydroxylation is 1. The zero-order valence-corrected chi connectivity index (χ0v) is 15.1. The molecule has 6 nitrogen and oxygen atoms in total. The van der Waals surface area contributed by atoms with Gasteiger partial charge in [-0.2, -0.15) is 0 Å². The molecule has 0 aliphatic carbocycles. The molecule has 130 valence electrons. The van der Waals surface area contributed by atoms with E-state index in [0.717, 1.165) is 16.9 Å². The van der Waals surface area contributed by atoms with E-state index < -0.39 is 0 Å². The topological polar surface area (TPSA) is 73.2 Å². The van der Waals surface area contributed by atoms with E-state index in [1.807, 2.05) is 37.4 Å². The average molecular weight is 357 g/mol. The fourth-order valence-corrected chi connectivity index (χ4v) is 3.44. The van der Waals surface area contributed by atoms with Crippen molar-refractivity contribution >= 4 is 27.5 Å². The molecule has 3 aromatic rings. The molecule has 1 N–H and O–H groups in total. The lowest BCUT2D eigenvalue weighted by atomic mass is 10.0. The summed E-state index contributed by atoms with van der Waals surface area (Å²) >= 11 is 1.40. The third-order valence-electron chi connectivity index (χ3n) is 3.99. The Kier molecular flexibility index (Phi) is 4.85. The summed E-state index contributed by atoms with van der Waals surface area (Å²) in [7, 11) is 1.60. The quantitative estimate of drug-likeness (QED) is 0.762. The number of benzene rings is 1. The molecule has 0 radical (unpaired) electrons. The lowest BCUT2D eigenvalue weighted by molar-refractivity contribution is -0.122. The molecule has 3 rings (SSSR count). The second-order valence-corrected chi connectivity index (χ2v) is 6.75. The summed E-state index contributed by atoms with van der Waals surface area (Å²) in [5, 5.41) is 5.26. The Morgan fingerprint density at radius 1 is 1.40 bits per heavy atom. The van der Waals surface area contributed by atoms with Crippen LogP contribution < -0.4 is 15.6 Å². The van der Waals surface area contributed by atoms with Crippen molar-refractivity contribution in [3.63, 3.8) is 0 Å². The first-order valence-corrected chi connectivity index (χ1v) is 8.74. The van der Waals surface area contributed by atoms with Crippen molar-refractivity contribution in [2.24, 2.45) is 0 Å². The molecule has 0 aliphatic heterocycles. The van der Waals surface area contributed by atoms with Gasteiger partial charge in [0.05, 0.1) is 24.9 Å². The molecule has 25 heavy (non-hydrogen) atoms. The second-order valence-electron chi connectivity index (χ2n) is 5.85. The van der Waals surface area contributed by atoms with E-state index >= 15 is 0 Å². The highest BCUT2D eigenvalue weighted by Crippen LogP contribution is 2.26. The van der Waals surface area contributed by atoms with Gasteiger partial charge in [-0.3, -0.25) is 14.2 Å². The molecule has 1 amide bonds. The number of hydrogen-bond donors (Lipinski definition) is 1. The number of rotatable bonds is 5. The summed E-state index contributed by atoms with van der Waals surface area (Å²) in [5.41, 5.74) is 1.78. The number of carbonyl (C=O) groups excluding carboxylic acids is 1. The van der Waals surface area contributed by atoms with Gasteiger partial charge < -0.3 is 10.1 Å². The number of hydrogen-bond acceptors (Lipinski definition) is 5. The highest BCUT2D eigenvalue weighted by molar-refractivity contribution is 7.16. The van der Waals surface area contributed by atoms with Gasteiger partial charge in [0.1, 0.15) is 17.1 Å². The largest absolute Gasteiger partial charge is 0.496 e. The molecule has 1 aromatic carbocycles. The number of nitrogens with one attached hydrogen (secondary N) is 1. The van der Waals surface area contributed by atoms with Crippen LogP contribution in [0.15, 0.2) is 40.8 Å². The van der Waals surface area contributed by atoms with E-state index in [-0.39, 0.29) is 24.1 Å². The van der Waals surface area contributed by atoms with E-state index in [4.69, 9.17) is 4.74 Å². The molecule has 0 bridgehead atoms. The lowest BCUT2D eigenvalue weighted by Crippen LogP contribution is -2.34. The highest BCUT2D eigenvalue weighted by Gasteiger charge is 2.15. The van der Waals surface area contributed by atoms with Crippen molar-refractivity contribution in [1.29, 1.82) is 0 Å². The number of amides is 1. The number of nitrogens with zero attached hydrogens (tertiary/aromatic N) is 2. The number of carbonyl (C=O) groups is 1. The Morgan fingerprint density at radius 3 is 2.96 bits per heavy atom. The number of aromatic nitrogens is 2. The fraction of sp³-hybridized carbons (Fsp3) is 0.278. The smallest absolute Gasteiger partial charge is 0.262 e. The van der Waals surface area contributed by atoms with Crippen LogP contribution in [0.5, 0.6) is 5.75 Å². The molecule has 0 fully saturated rings. The predicted octanol–water partition coefficient (Wildman–Crippen LogP) is 2.65. The molecule has 0 unspecified atom stereocenters. The molecular formula is C18H19N3O3S. The Bertz CT molecular complexity index is 977. The molecule has 0 spiro atoms. The average Bonchev–Trinajstić information content (AvgIpc) is 3.06. The van der Waals surface area contributed by atoms with Crippen molar-refractivity contribution in [2.45, 2.75) is 26.4 Å². The summed E-state index contributed by atoms with van der Waals surface area (Å²) < 4.78 is 6.69. The van der Waals surface area contributed by atoms with Crippen LogP contribution >= 0.6 is 11.3 Å². The number of ether oxygens (including phenoxy) is 1. The van der Waals surface area contributed by atoms with Gasteiger partial charge in [0.2, 0.25) is 5.91 Å². The minimum Gasteiger partial charge on any atom is -0.496 e. The maximum Gasteiger partial charge on any atom is 0.262 e. The molecule has 2 heterocycles. The number of fused-ring (bicyclic) bond motifs is 1. The van der Waals surface area contributed by atoms with Gasteiger partial charge in [-0.05, 0) is 31.4 Å². The molecule has 0 saturated heterocycles. The minimum absolute atomic E-state index is 0.0733. The summed E-state index contributed by atoms with van der Waals surface area (Å²) in [4.78, 5) is 29.6. The lowest BCUT2D eigenvalue weighted by Gasteiger charge is -2.18. The second kappa shape index (κ2) is 7.06. The van der Waals surface area contributed by atoms with E-state index in [2.05, 4.69) is 10.3 Å². The number of thiophene rings is 1. The van der Waals surface area contributed by atoms with E-state index in [0.29, 0.717) is 10.2 Å². The Balaban J connectivity index is 1.76. The van der Waals surface area contributed by atoms with Gasteiger partial charge in [-0.15, -0.1) is 11.3 Å². The van der Waals surface area contributed by atoms with Crippen LogP contribution in [-0.2, 0) is 11.3 Å². The van der Waals surface area contributed by atoms with Crippen molar-refractivity contribution in [3.05, 3.63) is 57.5 Å². The van der Waals surface area contributed by atoms with Gasteiger partial charge in [-0.25, -0.2) is 4.98 Å². The van der Waals surface area contributed by atoms with Gasteiger partial charge in [0, 0.05) is 5.56 Å². The monoisotopic (exact) mass is 357 g/mol. The first-order valence-electron chi connectivity index (χ1n) is 7.86. The SMILES string of the molecule is COc1ccc(C)cc1[C@H](C)NC(=O)Cn1cnc2sccc2c1=O. The molecule has 1 atom stereocenters. The zero-order chi connectivity index (χ0) is 18.0. The van der Waals surface area contributed by atoms with Crippen molar-refractivity contribution in [3.8, 4) is 5.75 Å². The van der Waals surface area contributed by atoms with Crippen LogP contribution in [0.3, 0.4) is 0 Å². The standard InChI is InChI=1S/C18H19N3O3S/c1-11-4-5-15(24-3)14(8-11)12(2)20-16(22)9-21-10-19-17-13(18(21)23)6-7-25-17/h4-8,10,12H,9H2,1-3H3,(H,20,22)/t12-/m0/s1. The van der Waals surface area contributed by atoms with Crippen LogP contribution in [0.25, 0.3) is 10.2 Å². The van der Waals surface area contributed by atoms with Gasteiger partial charge in [0.25, 0.3) is 5.56 Å². The van der Waals surface area contributed by atoms with Crippen molar-refractivity contribution in [1.82, 2.24) is 14.9 Å². The van der Waals surface area contributed by atoms with Crippen LogP contribution in [0.4, 0.5) is 0 Å². The Morgan fingerprint density at radius 2 is 2.20 bits per heavy atom. The molecule has 7 heteroatoms. The summed E-state index contributed by atoms with van der Waals surface area (Å²) in [6.45, 7) is 3.80. The number of methoxy groups -OCH3 is 1. The van der Waals surface area contributed by atoms with Crippen LogP contribution in [0.1, 0.15) is 24.1 Å². The van der Waals surface area contributed by atoms with Gasteiger partial charge >= 0.3 is 0 Å². The van der Waals surface area contributed by atoms with Crippen LogP contribution in [-0.4, -0.2) is 22.6 Å². The summed E-state index contributed by atoms with van der Waals surface area (Å²) in [6.07, 6.45) is 1.42. The van der Waals surface area contributed by atoms with Crippen molar-refractivity contribution < 1.29 is 9.53 Å². The first kappa shape index (κ1) is 17.2. The van der Waals surface area contributed by atoms with Gasteiger partial charge in [-0.1, -0.05) is 17.7 Å². The maximum atomic E-state index is 12.4.